The van der Waals surface area contributed by atoms with E-state index in [4.69, 9.17) is 4.74 Å². The highest BCUT2D eigenvalue weighted by atomic mass is 16.5. The van der Waals surface area contributed by atoms with Gasteiger partial charge in [-0.15, -0.1) is 0 Å². The molecular formula is C16H28N2O. The molecule has 108 valence electrons. The zero-order valence-corrected chi connectivity index (χ0v) is 13.0. The highest BCUT2D eigenvalue weighted by Crippen LogP contribution is 2.31. The van der Waals surface area contributed by atoms with Crippen LogP contribution in [-0.4, -0.2) is 27.2 Å². The Labute approximate surface area is 117 Å². The molecule has 0 bridgehead atoms. The van der Waals surface area contributed by atoms with Crippen LogP contribution in [0, 0.1) is 6.92 Å². The average Bonchev–Trinajstić information content (AvgIpc) is 2.39. The first-order valence-electron chi connectivity index (χ1n) is 7.17. The number of rotatable bonds is 8. The van der Waals surface area contributed by atoms with Crippen LogP contribution in [0.5, 0.6) is 5.75 Å². The fourth-order valence-corrected chi connectivity index (χ4v) is 2.17. The van der Waals surface area contributed by atoms with Crippen LogP contribution in [0.25, 0.3) is 0 Å². The van der Waals surface area contributed by atoms with Crippen molar-refractivity contribution in [1.29, 1.82) is 0 Å². The van der Waals surface area contributed by atoms with Gasteiger partial charge in [-0.1, -0.05) is 13.8 Å². The topological polar surface area (TPSA) is 33.3 Å². The van der Waals surface area contributed by atoms with Gasteiger partial charge in [0.25, 0.3) is 0 Å². The van der Waals surface area contributed by atoms with E-state index in [1.165, 1.54) is 29.7 Å². The molecule has 1 aromatic rings. The maximum Gasteiger partial charge on any atom is 0.122 e. The SMILES string of the molecule is CNCCCCNc1cc(C(C)C)c(OC)cc1C. The van der Waals surface area contributed by atoms with Crippen molar-refractivity contribution in [2.24, 2.45) is 0 Å². The molecule has 0 atom stereocenters. The van der Waals surface area contributed by atoms with Crippen molar-refractivity contribution < 1.29 is 4.74 Å². The summed E-state index contributed by atoms with van der Waals surface area (Å²) in [5.41, 5.74) is 3.75. The molecule has 0 heterocycles. The Hall–Kier alpha value is -1.22. The molecule has 0 aliphatic heterocycles. The summed E-state index contributed by atoms with van der Waals surface area (Å²) in [5.74, 6) is 1.47. The van der Waals surface area contributed by atoms with Crippen LogP contribution in [0.2, 0.25) is 0 Å². The number of hydrogen-bond acceptors (Lipinski definition) is 3. The molecule has 0 saturated heterocycles. The molecule has 0 aromatic heterocycles. The van der Waals surface area contributed by atoms with Crippen molar-refractivity contribution in [2.75, 3.05) is 32.6 Å². The van der Waals surface area contributed by atoms with Crippen LogP contribution in [0.4, 0.5) is 5.69 Å². The van der Waals surface area contributed by atoms with Crippen molar-refractivity contribution in [3.05, 3.63) is 23.3 Å². The van der Waals surface area contributed by atoms with Crippen LogP contribution in [0.15, 0.2) is 12.1 Å². The molecule has 0 aliphatic carbocycles. The average molecular weight is 264 g/mol. The molecule has 1 rings (SSSR count). The minimum atomic E-state index is 0.473. The van der Waals surface area contributed by atoms with Gasteiger partial charge >= 0.3 is 0 Å². The number of anilines is 1. The molecule has 0 saturated carbocycles. The molecule has 3 nitrogen and oxygen atoms in total. The molecular weight excluding hydrogens is 236 g/mol. The number of nitrogens with one attached hydrogen (secondary N) is 2. The van der Waals surface area contributed by atoms with Gasteiger partial charge in [-0.2, -0.15) is 0 Å². The van der Waals surface area contributed by atoms with Crippen molar-refractivity contribution in [2.45, 2.75) is 39.5 Å². The largest absolute Gasteiger partial charge is 0.496 e. The lowest BCUT2D eigenvalue weighted by molar-refractivity contribution is 0.407. The molecule has 2 N–H and O–H groups in total. The third kappa shape index (κ3) is 4.75. The fraction of sp³-hybridized carbons (Fsp3) is 0.625. The maximum absolute atomic E-state index is 5.46. The summed E-state index contributed by atoms with van der Waals surface area (Å²) in [5, 5.41) is 6.71. The van der Waals surface area contributed by atoms with Gasteiger partial charge in [0, 0.05) is 12.2 Å². The molecule has 0 unspecified atom stereocenters. The number of benzene rings is 1. The summed E-state index contributed by atoms with van der Waals surface area (Å²) in [6, 6.07) is 4.36. The predicted octanol–water partition coefficient (Wildman–Crippen LogP) is 3.54. The second-order valence-corrected chi connectivity index (χ2v) is 5.30. The zero-order chi connectivity index (χ0) is 14.3. The molecule has 0 radical (unpaired) electrons. The van der Waals surface area contributed by atoms with E-state index in [0.717, 1.165) is 18.8 Å². The molecule has 0 fully saturated rings. The van der Waals surface area contributed by atoms with Gasteiger partial charge in [-0.05, 0) is 62.5 Å². The highest BCUT2D eigenvalue weighted by Gasteiger charge is 2.10. The van der Waals surface area contributed by atoms with Gasteiger partial charge in [0.15, 0.2) is 0 Å². The standard InChI is InChI=1S/C16H28N2O/c1-12(2)14-11-15(13(3)10-16(14)19-5)18-9-7-6-8-17-4/h10-12,17-18H,6-9H2,1-5H3. The Morgan fingerprint density at radius 3 is 2.42 bits per heavy atom. The Bertz CT molecular complexity index is 389. The van der Waals surface area contributed by atoms with Crippen LogP contribution in [0.1, 0.15) is 43.7 Å². The van der Waals surface area contributed by atoms with Gasteiger partial charge in [0.1, 0.15) is 5.75 Å². The van der Waals surface area contributed by atoms with Crippen LogP contribution in [0.3, 0.4) is 0 Å². The van der Waals surface area contributed by atoms with E-state index in [2.05, 4.69) is 43.5 Å². The fourth-order valence-electron chi connectivity index (χ4n) is 2.17. The Balaban J connectivity index is 2.70. The molecule has 0 amide bonds. The van der Waals surface area contributed by atoms with Gasteiger partial charge in [-0.3, -0.25) is 0 Å². The summed E-state index contributed by atoms with van der Waals surface area (Å²) >= 11 is 0. The number of methoxy groups -OCH3 is 1. The normalized spacial score (nSPS) is 10.8. The molecule has 0 spiro atoms. The first-order valence-corrected chi connectivity index (χ1v) is 7.17. The third-order valence-electron chi connectivity index (χ3n) is 3.37. The second-order valence-electron chi connectivity index (χ2n) is 5.30. The summed E-state index contributed by atoms with van der Waals surface area (Å²) in [4.78, 5) is 0. The van der Waals surface area contributed by atoms with Gasteiger partial charge in [-0.25, -0.2) is 0 Å². The third-order valence-corrected chi connectivity index (χ3v) is 3.37. The van der Waals surface area contributed by atoms with E-state index in [0.29, 0.717) is 5.92 Å². The lowest BCUT2D eigenvalue weighted by Gasteiger charge is -2.17. The van der Waals surface area contributed by atoms with E-state index in [-0.39, 0.29) is 0 Å². The van der Waals surface area contributed by atoms with Crippen molar-refractivity contribution in [3.63, 3.8) is 0 Å². The Morgan fingerprint density at radius 2 is 1.84 bits per heavy atom. The number of aryl methyl sites for hydroxylation is 1. The number of hydrogen-bond donors (Lipinski definition) is 2. The summed E-state index contributed by atoms with van der Waals surface area (Å²) in [7, 11) is 3.74. The van der Waals surface area contributed by atoms with Crippen LogP contribution in [-0.2, 0) is 0 Å². The first-order chi connectivity index (χ1) is 9.10. The Morgan fingerprint density at radius 1 is 1.16 bits per heavy atom. The summed E-state index contributed by atoms with van der Waals surface area (Å²) < 4.78 is 5.46. The summed E-state index contributed by atoms with van der Waals surface area (Å²) in [6.07, 6.45) is 2.39. The van der Waals surface area contributed by atoms with Gasteiger partial charge in [0.2, 0.25) is 0 Å². The number of unbranched alkanes of at least 4 members (excludes halogenated alkanes) is 1. The van der Waals surface area contributed by atoms with Gasteiger partial charge in [0.05, 0.1) is 7.11 Å². The minimum absolute atomic E-state index is 0.473. The zero-order valence-electron chi connectivity index (χ0n) is 13.0. The quantitative estimate of drug-likeness (QED) is 0.705. The predicted molar refractivity (Wildman–Crippen MR) is 83.5 cm³/mol. The summed E-state index contributed by atoms with van der Waals surface area (Å²) in [6.45, 7) is 8.63. The molecule has 19 heavy (non-hydrogen) atoms. The molecule has 3 heteroatoms. The van der Waals surface area contributed by atoms with E-state index in [1.54, 1.807) is 7.11 Å². The minimum Gasteiger partial charge on any atom is -0.496 e. The van der Waals surface area contributed by atoms with Gasteiger partial charge < -0.3 is 15.4 Å². The van der Waals surface area contributed by atoms with Crippen molar-refractivity contribution in [1.82, 2.24) is 5.32 Å². The lowest BCUT2D eigenvalue weighted by Crippen LogP contribution is -2.10. The molecule has 0 aliphatic rings. The smallest absolute Gasteiger partial charge is 0.122 e. The first kappa shape index (κ1) is 15.8. The maximum atomic E-state index is 5.46. The van der Waals surface area contributed by atoms with Crippen molar-refractivity contribution in [3.8, 4) is 5.75 Å². The Kier molecular flexibility index (Phi) is 6.71. The van der Waals surface area contributed by atoms with E-state index >= 15 is 0 Å². The second kappa shape index (κ2) is 8.05. The van der Waals surface area contributed by atoms with E-state index in [1.807, 2.05) is 7.05 Å². The van der Waals surface area contributed by atoms with Crippen molar-refractivity contribution >= 4 is 5.69 Å². The van der Waals surface area contributed by atoms with Crippen LogP contribution < -0.4 is 15.4 Å². The highest BCUT2D eigenvalue weighted by molar-refractivity contribution is 5.58. The van der Waals surface area contributed by atoms with Crippen LogP contribution >= 0.6 is 0 Å². The lowest BCUT2D eigenvalue weighted by atomic mass is 9.99. The molecule has 1 aromatic carbocycles. The van der Waals surface area contributed by atoms with E-state index < -0.39 is 0 Å². The number of ether oxygens (including phenoxy) is 1. The monoisotopic (exact) mass is 264 g/mol. The van der Waals surface area contributed by atoms with E-state index in [9.17, 15) is 0 Å².